The Labute approximate surface area is 67.9 Å². The third-order valence-electron chi connectivity index (χ3n) is 1.17. The molecular weight excluding hydrogens is 140 g/mol. The van der Waals surface area contributed by atoms with Gasteiger partial charge in [0.05, 0.1) is 0 Å². The molecule has 1 aromatic carbocycles. The van der Waals surface area contributed by atoms with Crippen molar-refractivity contribution in [3.8, 4) is 0 Å². The Morgan fingerprint density at radius 3 is 1.70 bits per heavy atom. The lowest BCUT2D eigenvalue weighted by Gasteiger charge is -1.90. The van der Waals surface area contributed by atoms with Crippen LogP contribution >= 0.6 is 12.2 Å². The molecule has 0 saturated carbocycles. The van der Waals surface area contributed by atoms with Crippen LogP contribution < -0.4 is 0 Å². The van der Waals surface area contributed by atoms with Crippen LogP contribution in [0.4, 0.5) is 0 Å². The molecule has 10 heavy (non-hydrogen) atoms. The van der Waals surface area contributed by atoms with Crippen molar-refractivity contribution in [1.29, 1.82) is 0 Å². The maximum Gasteiger partial charge on any atom is -0.0351 e. The van der Waals surface area contributed by atoms with Gasteiger partial charge in [0.1, 0.15) is 0 Å². The molecule has 0 aliphatic rings. The van der Waals surface area contributed by atoms with Crippen LogP contribution in [0.15, 0.2) is 24.3 Å². The first-order valence-electron chi connectivity index (χ1n) is 3.11. The van der Waals surface area contributed by atoms with E-state index in [0.717, 1.165) is 0 Å². The quantitative estimate of drug-likeness (QED) is 0.515. The van der Waals surface area contributed by atoms with Crippen LogP contribution in [0.25, 0.3) is 0 Å². The van der Waals surface area contributed by atoms with E-state index in [-0.39, 0.29) is 0 Å². The van der Waals surface area contributed by atoms with Crippen molar-refractivity contribution < 1.29 is 0 Å². The summed E-state index contributed by atoms with van der Waals surface area (Å²) in [5.41, 5.74) is 2.68. The van der Waals surface area contributed by atoms with Gasteiger partial charge in [0.2, 0.25) is 0 Å². The van der Waals surface area contributed by atoms with Crippen molar-refractivity contribution in [2.75, 3.05) is 0 Å². The molecule has 0 N–H and O–H groups in total. The molecular formula is C9H12S. The molecule has 0 spiro atoms. The normalized spacial score (nSPS) is 7.80. The van der Waals surface area contributed by atoms with E-state index in [0.29, 0.717) is 0 Å². The van der Waals surface area contributed by atoms with Crippen molar-refractivity contribution in [1.82, 2.24) is 0 Å². The zero-order valence-electron chi connectivity index (χ0n) is 6.42. The molecule has 0 radical (unpaired) electrons. The van der Waals surface area contributed by atoms with E-state index in [9.17, 15) is 0 Å². The molecule has 0 aliphatic heterocycles. The summed E-state index contributed by atoms with van der Waals surface area (Å²) in [6.07, 6.45) is 0. The highest BCUT2D eigenvalue weighted by Crippen LogP contribution is 2.00. The van der Waals surface area contributed by atoms with Gasteiger partial charge in [-0.15, -0.1) is 0 Å². The molecule has 0 fully saturated rings. The molecule has 0 amide bonds. The Hall–Kier alpha value is -0.690. The Bertz CT molecular complexity index is 176. The summed E-state index contributed by atoms with van der Waals surface area (Å²) in [6, 6.07) is 8.45. The van der Waals surface area contributed by atoms with Gasteiger partial charge in [0.15, 0.2) is 0 Å². The van der Waals surface area contributed by atoms with Gasteiger partial charge in [-0.25, -0.2) is 0 Å². The minimum Gasteiger partial charge on any atom is -0.0973 e. The highest BCUT2D eigenvalue weighted by molar-refractivity contribution is 7.77. The Morgan fingerprint density at radius 1 is 1.10 bits per heavy atom. The highest BCUT2D eigenvalue weighted by atomic mass is 32.1. The lowest BCUT2D eigenvalue weighted by Crippen LogP contribution is -1.71. The lowest BCUT2D eigenvalue weighted by atomic mass is 10.2. The van der Waals surface area contributed by atoms with Gasteiger partial charge in [0, 0.05) is 0 Å². The molecule has 54 valence electrons. The molecule has 1 aromatic rings. The Balaban J connectivity index is 0.000000371. The number of aryl methyl sites for hydroxylation is 2. The largest absolute Gasteiger partial charge is 0.0973 e. The Morgan fingerprint density at radius 2 is 1.50 bits per heavy atom. The van der Waals surface area contributed by atoms with Gasteiger partial charge < -0.3 is 0 Å². The molecule has 0 heterocycles. The first kappa shape index (κ1) is 9.31. The predicted octanol–water partition coefficient (Wildman–Crippen LogP) is 2.92. The van der Waals surface area contributed by atoms with Gasteiger partial charge >= 0.3 is 0 Å². The number of thiocarbonyl (C=S) groups is 1. The molecule has 0 nitrogen and oxygen atoms in total. The summed E-state index contributed by atoms with van der Waals surface area (Å²) in [6.45, 7) is 4.21. The zero-order valence-corrected chi connectivity index (χ0v) is 7.24. The number of hydrogen-bond acceptors (Lipinski definition) is 1. The standard InChI is InChI=1S/C8H10.CH2S/c1-7-4-3-5-8(2)6-7;1-2/h3-6H,1-2H3;1H2. The minimum absolute atomic E-state index is 1.34. The number of hydrogen-bond donors (Lipinski definition) is 0. The van der Waals surface area contributed by atoms with Crippen molar-refractivity contribution in [2.24, 2.45) is 0 Å². The van der Waals surface area contributed by atoms with Gasteiger partial charge in [-0.1, -0.05) is 47.6 Å². The number of benzene rings is 1. The first-order chi connectivity index (χ1) is 4.79. The minimum atomic E-state index is 1.34. The van der Waals surface area contributed by atoms with E-state index in [1.165, 1.54) is 11.1 Å². The maximum atomic E-state index is 3.83. The van der Waals surface area contributed by atoms with E-state index in [1.54, 1.807) is 0 Å². The second-order valence-corrected chi connectivity index (χ2v) is 2.16. The highest BCUT2D eigenvalue weighted by Gasteiger charge is 1.80. The van der Waals surface area contributed by atoms with Crippen LogP contribution in [-0.2, 0) is 0 Å². The fraction of sp³-hybridized carbons (Fsp3) is 0.222. The molecule has 1 rings (SSSR count). The molecule has 0 aromatic heterocycles. The summed E-state index contributed by atoms with van der Waals surface area (Å²) in [5.74, 6) is 2.83. The fourth-order valence-electron chi connectivity index (χ4n) is 0.807. The van der Waals surface area contributed by atoms with E-state index in [4.69, 9.17) is 0 Å². The summed E-state index contributed by atoms with van der Waals surface area (Å²) >= 11 is 3.83. The summed E-state index contributed by atoms with van der Waals surface area (Å²) < 4.78 is 0. The van der Waals surface area contributed by atoms with Crippen molar-refractivity contribution in [2.45, 2.75) is 13.8 Å². The summed E-state index contributed by atoms with van der Waals surface area (Å²) in [5, 5.41) is 0. The molecule has 0 aliphatic carbocycles. The second-order valence-electron chi connectivity index (χ2n) is 2.16. The molecule has 0 bridgehead atoms. The maximum absolute atomic E-state index is 3.83. The first-order valence-corrected chi connectivity index (χ1v) is 3.69. The van der Waals surface area contributed by atoms with Crippen LogP contribution in [0.5, 0.6) is 0 Å². The average molecular weight is 152 g/mol. The average Bonchev–Trinajstić information content (AvgIpc) is 1.91. The van der Waals surface area contributed by atoms with E-state index in [2.05, 4.69) is 56.2 Å². The van der Waals surface area contributed by atoms with Crippen LogP contribution in [0.3, 0.4) is 0 Å². The van der Waals surface area contributed by atoms with Crippen molar-refractivity contribution in [3.05, 3.63) is 35.4 Å². The lowest BCUT2D eigenvalue weighted by molar-refractivity contribution is 1.39. The van der Waals surface area contributed by atoms with Crippen LogP contribution in [0, 0.1) is 13.8 Å². The molecule has 0 atom stereocenters. The van der Waals surface area contributed by atoms with Gasteiger partial charge in [-0.2, -0.15) is 0 Å². The van der Waals surface area contributed by atoms with Gasteiger partial charge in [0.25, 0.3) is 0 Å². The van der Waals surface area contributed by atoms with E-state index >= 15 is 0 Å². The Kier molecular flexibility index (Phi) is 4.77. The smallest absolute Gasteiger partial charge is 0.0351 e. The molecule has 1 heteroatoms. The SMILES string of the molecule is C=S.Cc1cccc(C)c1. The summed E-state index contributed by atoms with van der Waals surface area (Å²) in [4.78, 5) is 0. The zero-order chi connectivity index (χ0) is 7.98. The fourth-order valence-corrected chi connectivity index (χ4v) is 0.807. The second kappa shape index (κ2) is 5.12. The van der Waals surface area contributed by atoms with Gasteiger partial charge in [-0.05, 0) is 19.7 Å². The van der Waals surface area contributed by atoms with E-state index < -0.39 is 0 Å². The van der Waals surface area contributed by atoms with Crippen molar-refractivity contribution in [3.63, 3.8) is 0 Å². The third kappa shape index (κ3) is 3.36. The van der Waals surface area contributed by atoms with Gasteiger partial charge in [-0.3, -0.25) is 0 Å². The van der Waals surface area contributed by atoms with Crippen LogP contribution in [-0.4, -0.2) is 5.87 Å². The number of rotatable bonds is 0. The molecule has 0 saturated heterocycles. The van der Waals surface area contributed by atoms with Crippen LogP contribution in [0.2, 0.25) is 0 Å². The monoisotopic (exact) mass is 152 g/mol. The van der Waals surface area contributed by atoms with Crippen molar-refractivity contribution >= 4 is 18.1 Å². The van der Waals surface area contributed by atoms with Crippen LogP contribution in [0.1, 0.15) is 11.1 Å². The van der Waals surface area contributed by atoms with E-state index in [1.807, 2.05) is 0 Å². The summed E-state index contributed by atoms with van der Waals surface area (Å²) in [7, 11) is 0. The third-order valence-corrected chi connectivity index (χ3v) is 1.17. The predicted molar refractivity (Wildman–Crippen MR) is 50.6 cm³/mol. The topological polar surface area (TPSA) is 0 Å². The molecule has 0 unspecified atom stereocenters.